The molecular weight excluding hydrogens is 206 g/mol. The maximum absolute atomic E-state index is 11.8. The SMILES string of the molecule is CCOC(=O)c1c2n(c(C)cc1=O)CCC2. The van der Waals surface area contributed by atoms with Crippen molar-refractivity contribution in [3.05, 3.63) is 33.2 Å². The largest absolute Gasteiger partial charge is 0.462 e. The molecule has 0 spiro atoms. The number of fused-ring (bicyclic) bond motifs is 1. The van der Waals surface area contributed by atoms with Crippen LogP contribution in [-0.2, 0) is 17.7 Å². The summed E-state index contributed by atoms with van der Waals surface area (Å²) in [5.41, 5.74) is 1.77. The number of aryl methyl sites for hydroxylation is 1. The lowest BCUT2D eigenvalue weighted by molar-refractivity contribution is 0.0522. The summed E-state index contributed by atoms with van der Waals surface area (Å²) in [6.07, 6.45) is 1.77. The highest BCUT2D eigenvalue weighted by Crippen LogP contribution is 2.19. The van der Waals surface area contributed by atoms with Gasteiger partial charge in [-0.2, -0.15) is 0 Å². The average molecular weight is 221 g/mol. The summed E-state index contributed by atoms with van der Waals surface area (Å²) >= 11 is 0. The van der Waals surface area contributed by atoms with Gasteiger partial charge in [0.2, 0.25) is 0 Å². The molecule has 0 aliphatic carbocycles. The van der Waals surface area contributed by atoms with Crippen molar-refractivity contribution in [2.24, 2.45) is 0 Å². The van der Waals surface area contributed by atoms with E-state index < -0.39 is 5.97 Å². The van der Waals surface area contributed by atoms with E-state index in [2.05, 4.69) is 0 Å². The van der Waals surface area contributed by atoms with Crippen LogP contribution >= 0.6 is 0 Å². The van der Waals surface area contributed by atoms with Crippen LogP contribution < -0.4 is 5.43 Å². The van der Waals surface area contributed by atoms with Crippen LogP contribution in [-0.4, -0.2) is 17.1 Å². The summed E-state index contributed by atoms with van der Waals surface area (Å²) in [6.45, 7) is 4.81. The Balaban J connectivity index is 2.57. The molecule has 0 fully saturated rings. The first-order valence-electron chi connectivity index (χ1n) is 5.55. The standard InChI is InChI=1S/C12H15NO3/c1-3-16-12(15)11-9-5-4-6-13(9)8(2)7-10(11)14/h7H,3-6H2,1-2H3. The number of nitrogens with zero attached hydrogens (tertiary/aromatic N) is 1. The minimum atomic E-state index is -0.488. The molecule has 2 rings (SSSR count). The summed E-state index contributed by atoms with van der Waals surface area (Å²) in [5.74, 6) is -0.488. The molecule has 1 aliphatic heterocycles. The number of pyridine rings is 1. The molecule has 4 nitrogen and oxygen atoms in total. The molecule has 16 heavy (non-hydrogen) atoms. The van der Waals surface area contributed by atoms with Crippen molar-refractivity contribution in [1.29, 1.82) is 0 Å². The van der Waals surface area contributed by atoms with Gasteiger partial charge in [-0.1, -0.05) is 0 Å². The highest BCUT2D eigenvalue weighted by atomic mass is 16.5. The molecule has 0 atom stereocenters. The first-order valence-corrected chi connectivity index (χ1v) is 5.55. The Kier molecular flexibility index (Phi) is 2.81. The van der Waals surface area contributed by atoms with E-state index in [0.29, 0.717) is 6.61 Å². The Hall–Kier alpha value is -1.58. The summed E-state index contributed by atoms with van der Waals surface area (Å²) in [6, 6.07) is 1.51. The zero-order valence-corrected chi connectivity index (χ0v) is 9.58. The summed E-state index contributed by atoms with van der Waals surface area (Å²) < 4.78 is 6.96. The molecule has 86 valence electrons. The number of rotatable bonds is 2. The van der Waals surface area contributed by atoms with Crippen molar-refractivity contribution in [2.45, 2.75) is 33.2 Å². The van der Waals surface area contributed by atoms with Crippen LogP contribution in [0.5, 0.6) is 0 Å². The van der Waals surface area contributed by atoms with Crippen LogP contribution in [0.2, 0.25) is 0 Å². The molecule has 0 saturated heterocycles. The molecule has 0 unspecified atom stereocenters. The van der Waals surface area contributed by atoms with E-state index in [1.54, 1.807) is 6.92 Å². The van der Waals surface area contributed by atoms with Crippen LogP contribution in [0.1, 0.15) is 35.1 Å². The lowest BCUT2D eigenvalue weighted by atomic mass is 10.1. The molecule has 0 aromatic carbocycles. The first kappa shape index (κ1) is 10.9. The molecule has 0 N–H and O–H groups in total. The minimum absolute atomic E-state index is 0.218. The second kappa shape index (κ2) is 4.12. The predicted molar refractivity (Wildman–Crippen MR) is 59.7 cm³/mol. The van der Waals surface area contributed by atoms with Crippen LogP contribution in [0.3, 0.4) is 0 Å². The fourth-order valence-corrected chi connectivity index (χ4v) is 2.23. The second-order valence-corrected chi connectivity index (χ2v) is 3.95. The van der Waals surface area contributed by atoms with Gasteiger partial charge in [-0.25, -0.2) is 4.79 Å². The van der Waals surface area contributed by atoms with Gasteiger partial charge in [-0.05, 0) is 26.7 Å². The van der Waals surface area contributed by atoms with Crippen LogP contribution in [0.15, 0.2) is 10.9 Å². The Morgan fingerprint density at radius 3 is 3.00 bits per heavy atom. The lowest BCUT2D eigenvalue weighted by Crippen LogP contribution is -2.23. The van der Waals surface area contributed by atoms with Gasteiger partial charge in [-0.3, -0.25) is 4.79 Å². The highest BCUT2D eigenvalue weighted by molar-refractivity contribution is 5.90. The smallest absolute Gasteiger partial charge is 0.343 e. The Bertz CT molecular complexity index is 488. The Morgan fingerprint density at radius 2 is 2.31 bits per heavy atom. The number of aromatic nitrogens is 1. The highest BCUT2D eigenvalue weighted by Gasteiger charge is 2.23. The predicted octanol–water partition coefficient (Wildman–Crippen LogP) is 1.28. The molecule has 4 heteroatoms. The molecule has 0 radical (unpaired) electrons. The van der Waals surface area contributed by atoms with Crippen molar-refractivity contribution in [3.8, 4) is 0 Å². The number of hydrogen-bond acceptors (Lipinski definition) is 3. The quantitative estimate of drug-likeness (QED) is 0.707. The third-order valence-corrected chi connectivity index (χ3v) is 2.90. The molecule has 2 heterocycles. The molecule has 0 saturated carbocycles. The number of esters is 1. The van der Waals surface area contributed by atoms with E-state index in [1.807, 2.05) is 11.5 Å². The van der Waals surface area contributed by atoms with E-state index in [-0.39, 0.29) is 11.0 Å². The zero-order valence-electron chi connectivity index (χ0n) is 9.58. The topological polar surface area (TPSA) is 48.3 Å². The molecule has 0 bridgehead atoms. The van der Waals surface area contributed by atoms with Crippen molar-refractivity contribution in [3.63, 3.8) is 0 Å². The molecule has 1 aliphatic rings. The molecule has 1 aromatic rings. The second-order valence-electron chi connectivity index (χ2n) is 3.95. The van der Waals surface area contributed by atoms with Crippen molar-refractivity contribution in [2.75, 3.05) is 6.61 Å². The van der Waals surface area contributed by atoms with Gasteiger partial charge in [0.25, 0.3) is 0 Å². The van der Waals surface area contributed by atoms with Crippen LogP contribution in [0.4, 0.5) is 0 Å². The van der Waals surface area contributed by atoms with Crippen molar-refractivity contribution >= 4 is 5.97 Å². The minimum Gasteiger partial charge on any atom is -0.462 e. The Labute approximate surface area is 93.8 Å². The van der Waals surface area contributed by atoms with Gasteiger partial charge in [0.15, 0.2) is 5.43 Å². The van der Waals surface area contributed by atoms with E-state index in [1.165, 1.54) is 6.07 Å². The summed E-state index contributed by atoms with van der Waals surface area (Å²) in [5, 5.41) is 0. The maximum atomic E-state index is 11.8. The number of carbonyl (C=O) groups excluding carboxylic acids is 1. The zero-order chi connectivity index (χ0) is 11.7. The molecule has 1 aromatic heterocycles. The molecular formula is C12H15NO3. The van der Waals surface area contributed by atoms with Crippen molar-refractivity contribution in [1.82, 2.24) is 4.57 Å². The number of hydrogen-bond donors (Lipinski definition) is 0. The van der Waals surface area contributed by atoms with E-state index in [4.69, 9.17) is 4.74 Å². The normalized spacial score (nSPS) is 13.6. The monoisotopic (exact) mass is 221 g/mol. The third kappa shape index (κ3) is 1.64. The Morgan fingerprint density at radius 1 is 1.56 bits per heavy atom. The van der Waals surface area contributed by atoms with Gasteiger partial charge in [-0.15, -0.1) is 0 Å². The van der Waals surface area contributed by atoms with Crippen molar-refractivity contribution < 1.29 is 9.53 Å². The third-order valence-electron chi connectivity index (χ3n) is 2.90. The van der Waals surface area contributed by atoms with Crippen LogP contribution in [0.25, 0.3) is 0 Å². The fraction of sp³-hybridized carbons (Fsp3) is 0.500. The maximum Gasteiger partial charge on any atom is 0.343 e. The first-order chi connectivity index (χ1) is 7.65. The molecule has 0 amide bonds. The van der Waals surface area contributed by atoms with Gasteiger partial charge in [0, 0.05) is 24.0 Å². The van der Waals surface area contributed by atoms with Gasteiger partial charge in [0.05, 0.1) is 6.61 Å². The van der Waals surface area contributed by atoms with Gasteiger partial charge >= 0.3 is 5.97 Å². The number of carbonyl (C=O) groups is 1. The number of ether oxygens (including phenoxy) is 1. The van der Waals surface area contributed by atoms with Gasteiger partial charge in [0.1, 0.15) is 5.56 Å². The average Bonchev–Trinajstić information content (AvgIpc) is 2.66. The summed E-state index contributed by atoms with van der Waals surface area (Å²) in [7, 11) is 0. The fourth-order valence-electron chi connectivity index (χ4n) is 2.23. The lowest BCUT2D eigenvalue weighted by Gasteiger charge is -2.11. The van der Waals surface area contributed by atoms with E-state index >= 15 is 0 Å². The van der Waals surface area contributed by atoms with E-state index in [9.17, 15) is 9.59 Å². The van der Waals surface area contributed by atoms with Gasteiger partial charge < -0.3 is 9.30 Å². The van der Waals surface area contributed by atoms with Crippen LogP contribution in [0, 0.1) is 6.92 Å². The summed E-state index contributed by atoms with van der Waals surface area (Å²) in [4.78, 5) is 23.5. The van der Waals surface area contributed by atoms with E-state index in [0.717, 1.165) is 30.8 Å².